The average molecular weight is 215 g/mol. The van der Waals surface area contributed by atoms with E-state index in [0.717, 1.165) is 19.4 Å². The maximum Gasteiger partial charge on any atom is 0.305 e. The Hall–Kier alpha value is -1.10. The molecular formula is C10H17NO4. The zero-order chi connectivity index (χ0) is 11.3. The minimum absolute atomic E-state index is 0.00375. The second-order valence-corrected chi connectivity index (χ2v) is 3.82. The summed E-state index contributed by atoms with van der Waals surface area (Å²) < 4.78 is 5.22. The molecule has 0 aromatic rings. The molecule has 5 nitrogen and oxygen atoms in total. The normalized spacial score (nSPS) is 21.0. The summed E-state index contributed by atoms with van der Waals surface area (Å²) in [5, 5.41) is 8.49. The number of carboxylic acid groups (broad SMARTS) is 1. The fourth-order valence-corrected chi connectivity index (χ4v) is 1.62. The van der Waals surface area contributed by atoms with E-state index in [0.29, 0.717) is 6.61 Å². The van der Waals surface area contributed by atoms with E-state index in [1.165, 1.54) is 4.90 Å². The maximum absolute atomic E-state index is 11.8. The highest BCUT2D eigenvalue weighted by Gasteiger charge is 2.24. The van der Waals surface area contributed by atoms with Gasteiger partial charge < -0.3 is 14.7 Å². The van der Waals surface area contributed by atoms with Gasteiger partial charge in [-0.2, -0.15) is 0 Å². The summed E-state index contributed by atoms with van der Waals surface area (Å²) in [4.78, 5) is 23.6. The van der Waals surface area contributed by atoms with Gasteiger partial charge in [-0.3, -0.25) is 9.59 Å². The zero-order valence-electron chi connectivity index (χ0n) is 8.94. The Bertz CT molecular complexity index is 236. The van der Waals surface area contributed by atoms with Gasteiger partial charge in [-0.25, -0.2) is 0 Å². The van der Waals surface area contributed by atoms with Gasteiger partial charge in [0.15, 0.2) is 0 Å². The van der Waals surface area contributed by atoms with Gasteiger partial charge in [-0.1, -0.05) is 0 Å². The van der Waals surface area contributed by atoms with Crippen LogP contribution in [0.1, 0.15) is 19.3 Å². The Morgan fingerprint density at radius 1 is 1.53 bits per heavy atom. The van der Waals surface area contributed by atoms with Crippen LogP contribution in [0.5, 0.6) is 0 Å². The monoisotopic (exact) mass is 215 g/mol. The van der Waals surface area contributed by atoms with Gasteiger partial charge in [-0.15, -0.1) is 0 Å². The first kappa shape index (κ1) is 12.0. The molecule has 1 saturated heterocycles. The van der Waals surface area contributed by atoms with Crippen molar-refractivity contribution in [1.82, 2.24) is 4.90 Å². The molecule has 15 heavy (non-hydrogen) atoms. The Morgan fingerprint density at radius 2 is 2.27 bits per heavy atom. The number of carbonyl (C=O) groups is 2. The number of amides is 1. The van der Waals surface area contributed by atoms with Crippen molar-refractivity contribution >= 4 is 11.9 Å². The number of hydrogen-bond donors (Lipinski definition) is 1. The molecule has 1 unspecified atom stereocenters. The Morgan fingerprint density at radius 3 is 2.80 bits per heavy atom. The first-order valence-corrected chi connectivity index (χ1v) is 5.15. The van der Waals surface area contributed by atoms with Crippen LogP contribution in [0.3, 0.4) is 0 Å². The van der Waals surface area contributed by atoms with Crippen LogP contribution in [0.25, 0.3) is 0 Å². The molecule has 0 aromatic heterocycles. The van der Waals surface area contributed by atoms with Crippen LogP contribution in [0.2, 0.25) is 0 Å². The molecule has 0 saturated carbocycles. The number of hydrogen-bond acceptors (Lipinski definition) is 3. The minimum Gasteiger partial charge on any atom is -0.481 e. The summed E-state index contributed by atoms with van der Waals surface area (Å²) in [5.41, 5.74) is 0. The highest BCUT2D eigenvalue weighted by atomic mass is 16.5. The van der Waals surface area contributed by atoms with Crippen molar-refractivity contribution in [3.8, 4) is 0 Å². The van der Waals surface area contributed by atoms with Crippen molar-refractivity contribution in [2.24, 2.45) is 5.92 Å². The topological polar surface area (TPSA) is 66.8 Å². The number of nitrogens with zero attached hydrogens (tertiary/aromatic N) is 1. The summed E-state index contributed by atoms with van der Waals surface area (Å²) in [6.45, 7) is 1.46. The van der Waals surface area contributed by atoms with Crippen molar-refractivity contribution in [3.05, 3.63) is 0 Å². The first-order chi connectivity index (χ1) is 7.11. The third-order valence-corrected chi connectivity index (χ3v) is 2.55. The van der Waals surface area contributed by atoms with Crippen molar-refractivity contribution < 1.29 is 19.4 Å². The molecular weight excluding hydrogens is 198 g/mol. The number of carbonyl (C=O) groups excluding carboxylic acids is 1. The molecule has 1 rings (SSSR count). The summed E-state index contributed by atoms with van der Waals surface area (Å²) in [7, 11) is 1.64. The molecule has 0 aliphatic carbocycles. The Kier molecular flexibility index (Phi) is 4.55. The zero-order valence-corrected chi connectivity index (χ0v) is 8.94. The van der Waals surface area contributed by atoms with Crippen LogP contribution in [0, 0.1) is 5.92 Å². The van der Waals surface area contributed by atoms with E-state index in [4.69, 9.17) is 9.84 Å². The molecule has 1 heterocycles. The predicted molar refractivity (Wildman–Crippen MR) is 53.4 cm³/mol. The number of ether oxygens (including phenoxy) is 1. The summed E-state index contributed by atoms with van der Waals surface area (Å²) >= 11 is 0. The van der Waals surface area contributed by atoms with Crippen molar-refractivity contribution in [3.63, 3.8) is 0 Å². The van der Waals surface area contributed by atoms with Gasteiger partial charge >= 0.3 is 5.97 Å². The second-order valence-electron chi connectivity index (χ2n) is 3.82. The summed E-state index contributed by atoms with van der Waals surface area (Å²) in [5.74, 6) is -0.969. The fourth-order valence-electron chi connectivity index (χ4n) is 1.62. The van der Waals surface area contributed by atoms with Crippen LogP contribution in [0.15, 0.2) is 0 Å². The largest absolute Gasteiger partial charge is 0.481 e. The molecule has 1 atom stereocenters. The minimum atomic E-state index is -0.880. The molecule has 0 bridgehead atoms. The molecule has 86 valence electrons. The van der Waals surface area contributed by atoms with Crippen LogP contribution >= 0.6 is 0 Å². The number of aliphatic carboxylic acids is 1. The highest BCUT2D eigenvalue weighted by molar-refractivity contribution is 5.79. The molecule has 1 aliphatic rings. The van der Waals surface area contributed by atoms with E-state index < -0.39 is 5.97 Å². The van der Waals surface area contributed by atoms with Crippen molar-refractivity contribution in [2.45, 2.75) is 19.3 Å². The molecule has 0 aromatic carbocycles. The molecule has 1 amide bonds. The maximum atomic E-state index is 11.8. The van der Waals surface area contributed by atoms with E-state index in [1.807, 2.05) is 0 Å². The van der Waals surface area contributed by atoms with E-state index >= 15 is 0 Å². The second kappa shape index (κ2) is 5.70. The molecule has 1 N–H and O–H groups in total. The van der Waals surface area contributed by atoms with Crippen LogP contribution in [0.4, 0.5) is 0 Å². The molecule has 1 fully saturated rings. The first-order valence-electron chi connectivity index (χ1n) is 5.15. The van der Waals surface area contributed by atoms with Crippen LogP contribution in [-0.4, -0.2) is 48.7 Å². The van der Waals surface area contributed by atoms with Gasteiger partial charge in [-0.05, 0) is 12.8 Å². The molecule has 0 radical (unpaired) electrons. The predicted octanol–water partition coefficient (Wildman–Crippen LogP) is 0.346. The van der Waals surface area contributed by atoms with Gasteiger partial charge in [0.2, 0.25) is 5.91 Å². The third kappa shape index (κ3) is 3.87. The average Bonchev–Trinajstić information content (AvgIpc) is 2.26. The van der Waals surface area contributed by atoms with E-state index in [1.54, 1.807) is 7.05 Å². The number of rotatable bonds is 4. The van der Waals surface area contributed by atoms with Crippen LogP contribution < -0.4 is 0 Å². The van der Waals surface area contributed by atoms with Gasteiger partial charge in [0, 0.05) is 20.2 Å². The lowest BCUT2D eigenvalue weighted by molar-refractivity contribution is -0.140. The molecule has 1 aliphatic heterocycles. The van der Waals surface area contributed by atoms with Crippen LogP contribution in [-0.2, 0) is 14.3 Å². The van der Waals surface area contributed by atoms with E-state index in [-0.39, 0.29) is 24.8 Å². The fraction of sp³-hybridized carbons (Fsp3) is 0.800. The van der Waals surface area contributed by atoms with Crippen molar-refractivity contribution in [1.29, 1.82) is 0 Å². The Labute approximate surface area is 89.0 Å². The summed E-state index contributed by atoms with van der Waals surface area (Å²) in [6, 6.07) is 0. The molecule has 0 spiro atoms. The van der Waals surface area contributed by atoms with Crippen molar-refractivity contribution in [2.75, 3.05) is 26.8 Å². The quantitative estimate of drug-likeness (QED) is 0.734. The lowest BCUT2D eigenvalue weighted by Crippen LogP contribution is -2.38. The van der Waals surface area contributed by atoms with E-state index in [9.17, 15) is 9.59 Å². The highest BCUT2D eigenvalue weighted by Crippen LogP contribution is 2.15. The smallest absolute Gasteiger partial charge is 0.305 e. The SMILES string of the molecule is CN(CCC(=O)O)C(=O)C1CCCOC1. The van der Waals surface area contributed by atoms with Gasteiger partial charge in [0.25, 0.3) is 0 Å². The van der Waals surface area contributed by atoms with Gasteiger partial charge in [0.1, 0.15) is 0 Å². The summed E-state index contributed by atoms with van der Waals surface area (Å²) in [6.07, 6.45) is 1.75. The molecule has 5 heteroatoms. The van der Waals surface area contributed by atoms with E-state index in [2.05, 4.69) is 0 Å². The lowest BCUT2D eigenvalue weighted by atomic mass is 10.0. The van der Waals surface area contributed by atoms with Gasteiger partial charge in [0.05, 0.1) is 18.9 Å². The standard InChI is InChI=1S/C10H17NO4/c1-11(5-4-9(12)13)10(14)8-3-2-6-15-7-8/h8H,2-7H2,1H3,(H,12,13). The third-order valence-electron chi connectivity index (χ3n) is 2.55. The lowest BCUT2D eigenvalue weighted by Gasteiger charge is -2.26. The number of carboxylic acids is 1. The Balaban J connectivity index is 2.33.